The monoisotopic (exact) mass is 263 g/mol. The van der Waals surface area contributed by atoms with Gasteiger partial charge in [0.25, 0.3) is 0 Å². The van der Waals surface area contributed by atoms with Crippen LogP contribution in [0.4, 0.5) is 5.69 Å². The van der Waals surface area contributed by atoms with Crippen LogP contribution >= 0.6 is 0 Å². The highest BCUT2D eigenvalue weighted by Gasteiger charge is 2.15. The Kier molecular flexibility index (Phi) is 4.01. The van der Waals surface area contributed by atoms with Crippen LogP contribution in [0, 0.1) is 5.92 Å². The van der Waals surface area contributed by atoms with Gasteiger partial charge in [-0.3, -0.25) is 9.78 Å². The first-order valence-electron chi connectivity index (χ1n) is 6.22. The molecule has 0 bridgehead atoms. The number of H-pyrrole nitrogens is 1. The predicted octanol–water partition coefficient (Wildman–Crippen LogP) is 1.31. The van der Waals surface area contributed by atoms with Crippen LogP contribution in [0.2, 0.25) is 0 Å². The summed E-state index contributed by atoms with van der Waals surface area (Å²) in [5.74, 6) is -0.619. The largest absolute Gasteiger partial charge is 0.417 e. The zero-order valence-corrected chi connectivity index (χ0v) is 10.9. The molecule has 1 heterocycles. The predicted molar refractivity (Wildman–Crippen MR) is 73.2 cm³/mol. The van der Waals surface area contributed by atoms with Gasteiger partial charge in [0.05, 0.1) is 11.4 Å². The number of fused-ring (bicyclic) bond motifs is 1. The highest BCUT2D eigenvalue weighted by atomic mass is 16.4. The van der Waals surface area contributed by atoms with E-state index in [1.54, 1.807) is 18.2 Å². The fourth-order valence-electron chi connectivity index (χ4n) is 1.94. The normalized spacial score (nSPS) is 12.5. The molecule has 6 heteroatoms. The third-order valence-electron chi connectivity index (χ3n) is 3.00. The van der Waals surface area contributed by atoms with Crippen LogP contribution < -0.4 is 16.4 Å². The maximum Gasteiger partial charge on any atom is 0.417 e. The average Bonchev–Trinajstić information content (AvgIpc) is 2.75. The molecule has 0 saturated carbocycles. The van der Waals surface area contributed by atoms with Crippen molar-refractivity contribution in [3.05, 3.63) is 28.7 Å². The SMILES string of the molecule is CCC(CNC)C(=O)Nc1ccc2oc(=O)[nH]c2c1. The van der Waals surface area contributed by atoms with E-state index in [0.29, 0.717) is 23.3 Å². The van der Waals surface area contributed by atoms with Gasteiger partial charge < -0.3 is 15.1 Å². The molecule has 6 nitrogen and oxygen atoms in total. The van der Waals surface area contributed by atoms with Crippen LogP contribution in [0.3, 0.4) is 0 Å². The molecule has 0 aliphatic rings. The van der Waals surface area contributed by atoms with Gasteiger partial charge in [0, 0.05) is 12.2 Å². The Labute approximate surface area is 110 Å². The summed E-state index contributed by atoms with van der Waals surface area (Å²) in [5, 5.41) is 5.83. The van der Waals surface area contributed by atoms with Crippen molar-refractivity contribution in [1.29, 1.82) is 0 Å². The topological polar surface area (TPSA) is 87.1 Å². The Bertz CT molecular complexity index is 629. The molecule has 2 rings (SSSR count). The minimum Gasteiger partial charge on any atom is -0.408 e. The van der Waals surface area contributed by atoms with E-state index in [1.807, 2.05) is 14.0 Å². The quantitative estimate of drug-likeness (QED) is 0.759. The minimum absolute atomic E-state index is 0.0398. The van der Waals surface area contributed by atoms with Gasteiger partial charge in [0.1, 0.15) is 0 Å². The molecule has 0 saturated heterocycles. The number of oxazole rings is 1. The number of aromatic amines is 1. The van der Waals surface area contributed by atoms with E-state index < -0.39 is 5.76 Å². The van der Waals surface area contributed by atoms with Crippen molar-refractivity contribution in [1.82, 2.24) is 10.3 Å². The van der Waals surface area contributed by atoms with Crippen molar-refractivity contribution in [2.75, 3.05) is 18.9 Å². The highest BCUT2D eigenvalue weighted by molar-refractivity contribution is 5.94. The lowest BCUT2D eigenvalue weighted by Gasteiger charge is -2.14. The average molecular weight is 263 g/mol. The molecular weight excluding hydrogens is 246 g/mol. The van der Waals surface area contributed by atoms with Gasteiger partial charge in [-0.15, -0.1) is 0 Å². The summed E-state index contributed by atoms with van der Waals surface area (Å²) >= 11 is 0. The first kappa shape index (κ1) is 13.4. The molecule has 3 N–H and O–H groups in total. The maximum absolute atomic E-state index is 12.0. The summed E-state index contributed by atoms with van der Waals surface area (Å²) in [5.41, 5.74) is 1.69. The maximum atomic E-state index is 12.0. The number of benzene rings is 1. The third-order valence-corrected chi connectivity index (χ3v) is 3.00. The fraction of sp³-hybridized carbons (Fsp3) is 0.385. The second kappa shape index (κ2) is 5.71. The van der Waals surface area contributed by atoms with E-state index in [-0.39, 0.29) is 11.8 Å². The van der Waals surface area contributed by atoms with E-state index in [0.717, 1.165) is 6.42 Å². The molecule has 1 unspecified atom stereocenters. The van der Waals surface area contributed by atoms with Crippen LogP contribution in [0.15, 0.2) is 27.4 Å². The fourth-order valence-corrected chi connectivity index (χ4v) is 1.94. The van der Waals surface area contributed by atoms with Gasteiger partial charge in [0.2, 0.25) is 5.91 Å². The van der Waals surface area contributed by atoms with Crippen LogP contribution in [0.1, 0.15) is 13.3 Å². The summed E-state index contributed by atoms with van der Waals surface area (Å²) < 4.78 is 4.90. The Morgan fingerprint density at radius 3 is 2.95 bits per heavy atom. The van der Waals surface area contributed by atoms with Crippen molar-refractivity contribution in [3.8, 4) is 0 Å². The molecular formula is C13H17N3O3. The van der Waals surface area contributed by atoms with Gasteiger partial charge in [-0.25, -0.2) is 4.79 Å². The second-order valence-corrected chi connectivity index (χ2v) is 4.38. The number of amides is 1. The molecule has 102 valence electrons. The van der Waals surface area contributed by atoms with Crippen molar-refractivity contribution in [2.24, 2.45) is 5.92 Å². The van der Waals surface area contributed by atoms with Gasteiger partial charge in [-0.2, -0.15) is 0 Å². The molecule has 0 radical (unpaired) electrons. The smallest absolute Gasteiger partial charge is 0.408 e. The number of nitrogens with one attached hydrogen (secondary N) is 3. The minimum atomic E-state index is -0.500. The standard InChI is InChI=1S/C13H17N3O3/c1-3-8(7-14-2)12(17)15-9-4-5-11-10(6-9)16-13(18)19-11/h4-6,8,14H,3,7H2,1-2H3,(H,15,17)(H,16,18). The Morgan fingerprint density at radius 1 is 1.47 bits per heavy atom. The van der Waals surface area contributed by atoms with Crippen molar-refractivity contribution < 1.29 is 9.21 Å². The number of carbonyl (C=O) groups excluding carboxylic acids is 1. The zero-order valence-electron chi connectivity index (χ0n) is 10.9. The lowest BCUT2D eigenvalue weighted by Crippen LogP contribution is -2.30. The van der Waals surface area contributed by atoms with Gasteiger partial charge in [-0.05, 0) is 31.7 Å². The van der Waals surface area contributed by atoms with Gasteiger partial charge in [0.15, 0.2) is 5.58 Å². The summed E-state index contributed by atoms with van der Waals surface area (Å²) in [4.78, 5) is 25.6. The molecule has 1 amide bonds. The summed E-state index contributed by atoms with van der Waals surface area (Å²) in [6, 6.07) is 5.05. The first-order valence-corrected chi connectivity index (χ1v) is 6.22. The number of anilines is 1. The Hall–Kier alpha value is -2.08. The van der Waals surface area contributed by atoms with Gasteiger partial charge >= 0.3 is 5.76 Å². The van der Waals surface area contributed by atoms with Crippen LogP contribution in [0.5, 0.6) is 0 Å². The number of aromatic nitrogens is 1. The van der Waals surface area contributed by atoms with Crippen LogP contribution in [-0.2, 0) is 4.79 Å². The third kappa shape index (κ3) is 3.03. The molecule has 0 aliphatic carbocycles. The molecule has 0 spiro atoms. The van der Waals surface area contributed by atoms with E-state index in [2.05, 4.69) is 15.6 Å². The van der Waals surface area contributed by atoms with E-state index in [1.165, 1.54) is 0 Å². The summed E-state index contributed by atoms with van der Waals surface area (Å²) in [6.07, 6.45) is 0.761. The molecule has 19 heavy (non-hydrogen) atoms. The molecule has 2 aromatic rings. The lowest BCUT2D eigenvalue weighted by atomic mass is 10.1. The molecule has 0 fully saturated rings. The van der Waals surface area contributed by atoms with Crippen LogP contribution in [-0.4, -0.2) is 24.5 Å². The summed E-state index contributed by atoms with van der Waals surface area (Å²) in [7, 11) is 1.82. The Balaban J connectivity index is 2.16. The van der Waals surface area contributed by atoms with Crippen LogP contribution in [0.25, 0.3) is 11.1 Å². The number of hydrogen-bond acceptors (Lipinski definition) is 4. The highest BCUT2D eigenvalue weighted by Crippen LogP contribution is 2.17. The zero-order chi connectivity index (χ0) is 13.8. The lowest BCUT2D eigenvalue weighted by molar-refractivity contribution is -0.119. The Morgan fingerprint density at radius 2 is 2.26 bits per heavy atom. The molecule has 1 aromatic heterocycles. The van der Waals surface area contributed by atoms with Gasteiger partial charge in [-0.1, -0.05) is 6.92 Å². The molecule has 1 aromatic carbocycles. The number of carbonyl (C=O) groups is 1. The van der Waals surface area contributed by atoms with E-state index in [4.69, 9.17) is 4.42 Å². The van der Waals surface area contributed by atoms with Crippen molar-refractivity contribution in [2.45, 2.75) is 13.3 Å². The second-order valence-electron chi connectivity index (χ2n) is 4.38. The van der Waals surface area contributed by atoms with Crippen molar-refractivity contribution >= 4 is 22.7 Å². The number of hydrogen-bond donors (Lipinski definition) is 3. The van der Waals surface area contributed by atoms with Crippen molar-refractivity contribution in [3.63, 3.8) is 0 Å². The number of rotatable bonds is 5. The summed E-state index contributed by atoms with van der Waals surface area (Å²) in [6.45, 7) is 2.60. The molecule has 0 aliphatic heterocycles. The molecule has 1 atom stereocenters. The van der Waals surface area contributed by atoms with E-state index in [9.17, 15) is 9.59 Å². The van der Waals surface area contributed by atoms with E-state index >= 15 is 0 Å². The first-order chi connectivity index (χ1) is 9.13.